The minimum atomic E-state index is -0.0517. The molecule has 3 aromatic rings. The smallest absolute Gasteiger partial charge is 0.174 e. The van der Waals surface area contributed by atoms with Crippen molar-refractivity contribution in [2.45, 2.75) is 12.1 Å². The highest BCUT2D eigenvalue weighted by molar-refractivity contribution is 7.80. The lowest BCUT2D eigenvalue weighted by Crippen LogP contribution is -2.29. The van der Waals surface area contributed by atoms with Gasteiger partial charge >= 0.3 is 0 Å². The maximum atomic E-state index is 5.72. The topological polar surface area (TPSA) is 46.6 Å². The van der Waals surface area contributed by atoms with Crippen LogP contribution in [0.4, 0.5) is 5.69 Å². The minimum absolute atomic E-state index is 0.0188. The predicted octanol–water partition coefficient (Wildman–Crippen LogP) is 4.34. The summed E-state index contributed by atoms with van der Waals surface area (Å²) in [7, 11) is 3.29. The lowest BCUT2D eigenvalue weighted by molar-refractivity contribution is 0.394. The summed E-state index contributed by atoms with van der Waals surface area (Å²) in [6.07, 6.45) is 1.81. The van der Waals surface area contributed by atoms with Gasteiger partial charge in [-0.3, -0.25) is 4.98 Å². The van der Waals surface area contributed by atoms with Crippen LogP contribution in [0.2, 0.25) is 0 Å². The first-order valence-corrected chi connectivity index (χ1v) is 9.78. The molecule has 138 valence electrons. The normalized spacial score (nSPS) is 19.0. The Morgan fingerprint density at radius 2 is 2.00 bits per heavy atom. The van der Waals surface area contributed by atoms with E-state index in [1.54, 1.807) is 25.6 Å². The zero-order chi connectivity index (χ0) is 18.8. The van der Waals surface area contributed by atoms with Crippen LogP contribution < -0.4 is 19.7 Å². The molecule has 1 N–H and O–H groups in total. The lowest BCUT2D eigenvalue weighted by atomic mass is 10.0. The second-order valence-electron chi connectivity index (χ2n) is 6.05. The Morgan fingerprint density at radius 1 is 1.11 bits per heavy atom. The zero-order valence-electron chi connectivity index (χ0n) is 15.0. The van der Waals surface area contributed by atoms with E-state index in [0.717, 1.165) is 17.1 Å². The molecule has 0 saturated carbocycles. The number of anilines is 1. The molecule has 2 atom stereocenters. The monoisotopic (exact) mass is 397 g/mol. The van der Waals surface area contributed by atoms with Gasteiger partial charge in [0.25, 0.3) is 0 Å². The van der Waals surface area contributed by atoms with Crippen molar-refractivity contribution >= 4 is 34.4 Å². The van der Waals surface area contributed by atoms with Gasteiger partial charge in [-0.25, -0.2) is 0 Å². The van der Waals surface area contributed by atoms with Gasteiger partial charge in [0.05, 0.1) is 37.7 Å². The van der Waals surface area contributed by atoms with Crippen molar-refractivity contribution in [2.24, 2.45) is 0 Å². The third-order valence-electron chi connectivity index (χ3n) is 4.58. The number of rotatable bonds is 5. The maximum Gasteiger partial charge on any atom is 0.174 e. The van der Waals surface area contributed by atoms with E-state index in [1.807, 2.05) is 42.6 Å². The first kappa shape index (κ1) is 17.8. The highest BCUT2D eigenvalue weighted by atomic mass is 32.1. The molecule has 0 radical (unpaired) electrons. The molecule has 1 saturated heterocycles. The number of pyridine rings is 1. The number of nitrogens with zero attached hydrogens (tertiary/aromatic N) is 2. The van der Waals surface area contributed by atoms with Crippen LogP contribution in [0.5, 0.6) is 11.5 Å². The van der Waals surface area contributed by atoms with E-state index in [0.29, 0.717) is 10.9 Å². The van der Waals surface area contributed by atoms with E-state index < -0.39 is 0 Å². The fraction of sp³-hybridized carbons (Fsp3) is 0.200. The number of ether oxygens (including phenoxy) is 2. The van der Waals surface area contributed by atoms with Crippen molar-refractivity contribution in [3.63, 3.8) is 0 Å². The number of thiocarbonyl (C=S) groups is 1. The first-order chi connectivity index (χ1) is 13.2. The van der Waals surface area contributed by atoms with Crippen LogP contribution in [0.25, 0.3) is 0 Å². The molecule has 1 aliphatic rings. The summed E-state index contributed by atoms with van der Waals surface area (Å²) < 4.78 is 11.0. The SMILES string of the molecule is COc1ccc(N2C(=S)NC(c3ccccn3)C2c2cccs2)c(OC)c1. The molecule has 0 spiro atoms. The maximum absolute atomic E-state index is 5.72. The predicted molar refractivity (Wildman–Crippen MR) is 112 cm³/mol. The van der Waals surface area contributed by atoms with E-state index in [1.165, 1.54) is 4.88 Å². The number of thiophene rings is 1. The fourth-order valence-corrected chi connectivity index (χ4v) is 4.54. The van der Waals surface area contributed by atoms with E-state index in [4.69, 9.17) is 21.7 Å². The highest BCUT2D eigenvalue weighted by Gasteiger charge is 2.42. The molecule has 3 heterocycles. The number of hydrogen-bond acceptors (Lipinski definition) is 5. The van der Waals surface area contributed by atoms with Crippen molar-refractivity contribution in [1.82, 2.24) is 10.3 Å². The Bertz CT molecular complexity index is 932. The Balaban J connectivity index is 1.83. The van der Waals surface area contributed by atoms with Crippen molar-refractivity contribution in [2.75, 3.05) is 19.1 Å². The molecular formula is C20H19N3O2S2. The molecule has 0 bridgehead atoms. The van der Waals surface area contributed by atoms with Crippen LogP contribution in [0.15, 0.2) is 60.1 Å². The van der Waals surface area contributed by atoms with Gasteiger partial charge in [0.1, 0.15) is 11.5 Å². The fourth-order valence-electron chi connectivity index (χ4n) is 3.35. The van der Waals surface area contributed by atoms with Gasteiger partial charge < -0.3 is 19.7 Å². The summed E-state index contributed by atoms with van der Waals surface area (Å²) in [4.78, 5) is 7.87. The van der Waals surface area contributed by atoms with Crippen LogP contribution in [0.3, 0.4) is 0 Å². The van der Waals surface area contributed by atoms with Crippen molar-refractivity contribution in [1.29, 1.82) is 0 Å². The van der Waals surface area contributed by atoms with Gasteiger partial charge in [-0.05, 0) is 47.9 Å². The molecule has 0 aliphatic carbocycles. The van der Waals surface area contributed by atoms with Crippen LogP contribution >= 0.6 is 23.6 Å². The van der Waals surface area contributed by atoms with Gasteiger partial charge in [0.2, 0.25) is 0 Å². The van der Waals surface area contributed by atoms with Gasteiger partial charge in [0.15, 0.2) is 5.11 Å². The average Bonchev–Trinajstić information content (AvgIpc) is 3.35. The molecule has 0 amide bonds. The van der Waals surface area contributed by atoms with Gasteiger partial charge in [-0.1, -0.05) is 12.1 Å². The molecule has 5 nitrogen and oxygen atoms in total. The Kier molecular flexibility index (Phi) is 4.96. The van der Waals surface area contributed by atoms with Crippen LogP contribution in [0, 0.1) is 0 Å². The van der Waals surface area contributed by atoms with Crippen LogP contribution in [0.1, 0.15) is 22.7 Å². The van der Waals surface area contributed by atoms with Crippen molar-refractivity contribution in [3.05, 3.63) is 70.7 Å². The standard InChI is InChI=1S/C20H19N3O2S2/c1-24-13-8-9-15(16(12-13)25-2)23-19(17-7-5-11-27-17)18(22-20(23)26)14-6-3-4-10-21-14/h3-12,18-19H,1-2H3,(H,22,26). The molecule has 1 aromatic carbocycles. The summed E-state index contributed by atoms with van der Waals surface area (Å²) in [6, 6.07) is 15.8. The number of nitrogens with one attached hydrogen (secondary N) is 1. The van der Waals surface area contributed by atoms with Gasteiger partial charge in [-0.15, -0.1) is 11.3 Å². The summed E-state index contributed by atoms with van der Waals surface area (Å²) >= 11 is 7.43. The van der Waals surface area contributed by atoms with E-state index in [9.17, 15) is 0 Å². The lowest BCUT2D eigenvalue weighted by Gasteiger charge is -2.28. The second kappa shape index (κ2) is 7.54. The number of benzene rings is 1. The summed E-state index contributed by atoms with van der Waals surface area (Å²) in [5.41, 5.74) is 1.85. The third-order valence-corrected chi connectivity index (χ3v) is 5.84. The van der Waals surface area contributed by atoms with Gasteiger partial charge in [0, 0.05) is 17.1 Å². The van der Waals surface area contributed by atoms with E-state index >= 15 is 0 Å². The molecule has 2 unspecified atom stereocenters. The minimum Gasteiger partial charge on any atom is -0.497 e. The Hall–Kier alpha value is -2.64. The molecule has 27 heavy (non-hydrogen) atoms. The first-order valence-electron chi connectivity index (χ1n) is 8.49. The van der Waals surface area contributed by atoms with Crippen LogP contribution in [-0.4, -0.2) is 24.3 Å². The molecule has 2 aromatic heterocycles. The van der Waals surface area contributed by atoms with Crippen molar-refractivity contribution < 1.29 is 9.47 Å². The highest BCUT2D eigenvalue weighted by Crippen LogP contribution is 2.46. The van der Waals surface area contributed by atoms with Gasteiger partial charge in [-0.2, -0.15) is 0 Å². The molecular weight excluding hydrogens is 378 g/mol. The second-order valence-corrected chi connectivity index (χ2v) is 7.42. The Labute approximate surface area is 167 Å². The van der Waals surface area contributed by atoms with E-state index in [-0.39, 0.29) is 12.1 Å². The zero-order valence-corrected chi connectivity index (χ0v) is 16.6. The summed E-state index contributed by atoms with van der Waals surface area (Å²) in [5.74, 6) is 1.45. The largest absolute Gasteiger partial charge is 0.497 e. The Morgan fingerprint density at radius 3 is 2.67 bits per heavy atom. The summed E-state index contributed by atoms with van der Waals surface area (Å²) in [5, 5.41) is 6.18. The summed E-state index contributed by atoms with van der Waals surface area (Å²) in [6.45, 7) is 0. The quantitative estimate of drug-likeness (QED) is 0.647. The number of aromatic nitrogens is 1. The van der Waals surface area contributed by atoms with Crippen molar-refractivity contribution in [3.8, 4) is 11.5 Å². The number of methoxy groups -OCH3 is 2. The van der Waals surface area contributed by atoms with E-state index in [2.05, 4.69) is 32.7 Å². The molecule has 4 rings (SSSR count). The third kappa shape index (κ3) is 3.24. The molecule has 1 fully saturated rings. The average molecular weight is 398 g/mol. The number of hydrogen-bond donors (Lipinski definition) is 1. The molecule has 1 aliphatic heterocycles. The molecule has 7 heteroatoms. The van der Waals surface area contributed by atoms with Crippen LogP contribution in [-0.2, 0) is 0 Å².